The van der Waals surface area contributed by atoms with Crippen LogP contribution in [0.3, 0.4) is 0 Å². The molecule has 1 aliphatic heterocycles. The Morgan fingerprint density at radius 2 is 2.38 bits per heavy atom. The van der Waals surface area contributed by atoms with Crippen molar-refractivity contribution in [2.24, 2.45) is 5.92 Å². The minimum Gasteiger partial charge on any atom is -0.396 e. The second-order valence-corrected chi connectivity index (χ2v) is 5.60. The molecule has 0 bridgehead atoms. The van der Waals surface area contributed by atoms with Gasteiger partial charge in [0.15, 0.2) is 0 Å². The van der Waals surface area contributed by atoms with Gasteiger partial charge in [0.25, 0.3) is 0 Å². The summed E-state index contributed by atoms with van der Waals surface area (Å²) in [6.45, 7) is 5.14. The number of carbonyl (C=O) groups is 1. The number of carbonyl (C=O) groups excluding carboxylic acids is 1. The van der Waals surface area contributed by atoms with Gasteiger partial charge in [-0.3, -0.25) is 4.79 Å². The molecule has 0 aromatic heterocycles. The molecule has 0 aromatic rings. The predicted molar refractivity (Wildman–Crippen MR) is 67.6 cm³/mol. The van der Waals surface area contributed by atoms with Crippen LogP contribution in [0.2, 0.25) is 0 Å². The Morgan fingerprint density at radius 3 is 2.88 bits per heavy atom. The van der Waals surface area contributed by atoms with Gasteiger partial charge in [0.05, 0.1) is 6.04 Å². The maximum Gasteiger partial charge on any atom is 0.238 e. The number of hydrogen-bond acceptors (Lipinski definition) is 4. The minimum absolute atomic E-state index is 0.0688. The van der Waals surface area contributed by atoms with Crippen molar-refractivity contribution in [3.8, 4) is 0 Å². The van der Waals surface area contributed by atoms with Crippen molar-refractivity contribution in [3.63, 3.8) is 0 Å². The first-order chi connectivity index (χ1) is 7.65. The number of thioether (sulfide) groups is 1. The third kappa shape index (κ3) is 4.31. The van der Waals surface area contributed by atoms with Gasteiger partial charge in [0.1, 0.15) is 0 Å². The van der Waals surface area contributed by atoms with Gasteiger partial charge in [0.2, 0.25) is 5.91 Å². The van der Waals surface area contributed by atoms with Crippen LogP contribution >= 0.6 is 11.8 Å². The van der Waals surface area contributed by atoms with Crippen molar-refractivity contribution in [3.05, 3.63) is 0 Å². The fraction of sp³-hybridized carbons (Fsp3) is 0.909. The van der Waals surface area contributed by atoms with Crippen LogP contribution in [0.25, 0.3) is 0 Å². The zero-order valence-corrected chi connectivity index (χ0v) is 10.8. The molecule has 1 rings (SSSR count). The van der Waals surface area contributed by atoms with E-state index >= 15 is 0 Å². The first-order valence-corrected chi connectivity index (χ1v) is 7.03. The molecule has 0 aromatic carbocycles. The highest BCUT2D eigenvalue weighted by Crippen LogP contribution is 2.10. The van der Waals surface area contributed by atoms with Crippen molar-refractivity contribution >= 4 is 17.7 Å². The number of aliphatic hydroxyl groups is 1. The molecular formula is C11H22N2O2S. The lowest BCUT2D eigenvalue weighted by Gasteiger charge is -2.27. The molecule has 1 fully saturated rings. The summed E-state index contributed by atoms with van der Waals surface area (Å²) in [5.41, 5.74) is 0. The van der Waals surface area contributed by atoms with E-state index in [4.69, 9.17) is 5.11 Å². The Morgan fingerprint density at radius 1 is 1.62 bits per heavy atom. The van der Waals surface area contributed by atoms with Crippen LogP contribution in [-0.4, -0.2) is 47.8 Å². The molecule has 3 N–H and O–H groups in total. The Labute approximate surface area is 102 Å². The van der Waals surface area contributed by atoms with Gasteiger partial charge in [-0.05, 0) is 12.3 Å². The fourth-order valence-electron chi connectivity index (χ4n) is 1.73. The van der Waals surface area contributed by atoms with Crippen molar-refractivity contribution in [1.82, 2.24) is 10.6 Å². The number of rotatable bonds is 5. The molecule has 2 atom stereocenters. The van der Waals surface area contributed by atoms with Gasteiger partial charge >= 0.3 is 0 Å². The van der Waals surface area contributed by atoms with Crippen LogP contribution in [0.1, 0.15) is 20.3 Å². The SMILES string of the molecule is CC(C)C(CCO)NC(=O)C1CSCCN1. The van der Waals surface area contributed by atoms with Gasteiger partial charge in [-0.1, -0.05) is 13.8 Å². The average molecular weight is 246 g/mol. The molecule has 0 radical (unpaired) electrons. The normalized spacial score (nSPS) is 23.1. The summed E-state index contributed by atoms with van der Waals surface area (Å²) < 4.78 is 0. The number of amides is 1. The second-order valence-electron chi connectivity index (χ2n) is 4.45. The van der Waals surface area contributed by atoms with Crippen LogP contribution in [0.15, 0.2) is 0 Å². The van der Waals surface area contributed by atoms with E-state index in [0.29, 0.717) is 12.3 Å². The van der Waals surface area contributed by atoms with Gasteiger partial charge < -0.3 is 15.7 Å². The fourth-order valence-corrected chi connectivity index (χ4v) is 2.66. The zero-order valence-electron chi connectivity index (χ0n) is 10.0. The molecule has 0 aliphatic carbocycles. The van der Waals surface area contributed by atoms with E-state index in [2.05, 4.69) is 24.5 Å². The highest BCUT2D eigenvalue weighted by atomic mass is 32.2. The Balaban J connectivity index is 2.40. The van der Waals surface area contributed by atoms with E-state index in [1.165, 1.54) is 0 Å². The standard InChI is InChI=1S/C11H22N2O2S/c1-8(2)9(3-5-14)13-11(15)10-7-16-6-4-12-10/h8-10,12,14H,3-7H2,1-2H3,(H,13,15). The summed E-state index contributed by atoms with van der Waals surface area (Å²) in [4.78, 5) is 11.9. The summed E-state index contributed by atoms with van der Waals surface area (Å²) in [5, 5.41) is 15.2. The summed E-state index contributed by atoms with van der Waals surface area (Å²) in [6, 6.07) is 0.00455. The molecule has 5 heteroatoms. The molecular weight excluding hydrogens is 224 g/mol. The lowest BCUT2D eigenvalue weighted by Crippen LogP contribution is -2.52. The summed E-state index contributed by atoms with van der Waals surface area (Å²) in [6.07, 6.45) is 0.628. The van der Waals surface area contributed by atoms with Crippen LogP contribution in [-0.2, 0) is 4.79 Å². The Bertz CT molecular complexity index is 218. The highest BCUT2D eigenvalue weighted by Gasteiger charge is 2.24. The summed E-state index contributed by atoms with van der Waals surface area (Å²) in [5.74, 6) is 2.34. The molecule has 1 aliphatic rings. The van der Waals surface area contributed by atoms with Gasteiger partial charge in [0, 0.05) is 30.7 Å². The van der Waals surface area contributed by atoms with Crippen LogP contribution in [0, 0.1) is 5.92 Å². The Kier molecular flexibility index (Phi) is 6.16. The van der Waals surface area contributed by atoms with E-state index in [0.717, 1.165) is 18.1 Å². The monoisotopic (exact) mass is 246 g/mol. The molecule has 94 valence electrons. The van der Waals surface area contributed by atoms with Crippen molar-refractivity contribution in [2.75, 3.05) is 24.7 Å². The topological polar surface area (TPSA) is 61.4 Å². The lowest BCUT2D eigenvalue weighted by molar-refractivity contribution is -0.123. The maximum atomic E-state index is 11.9. The first-order valence-electron chi connectivity index (χ1n) is 5.87. The third-order valence-corrected chi connectivity index (χ3v) is 3.87. The number of aliphatic hydroxyl groups excluding tert-OH is 1. The van der Waals surface area contributed by atoms with Crippen LogP contribution in [0.5, 0.6) is 0 Å². The molecule has 0 saturated carbocycles. The minimum atomic E-state index is -0.0707. The van der Waals surface area contributed by atoms with Crippen molar-refractivity contribution in [2.45, 2.75) is 32.4 Å². The van der Waals surface area contributed by atoms with E-state index in [1.54, 1.807) is 0 Å². The first kappa shape index (κ1) is 13.8. The highest BCUT2D eigenvalue weighted by molar-refractivity contribution is 7.99. The predicted octanol–water partition coefficient (Wildman–Crippen LogP) is 0.215. The van der Waals surface area contributed by atoms with Crippen molar-refractivity contribution < 1.29 is 9.90 Å². The van der Waals surface area contributed by atoms with Crippen LogP contribution in [0.4, 0.5) is 0 Å². The zero-order chi connectivity index (χ0) is 12.0. The summed E-state index contributed by atoms with van der Waals surface area (Å²) in [7, 11) is 0. The molecule has 0 spiro atoms. The smallest absolute Gasteiger partial charge is 0.238 e. The van der Waals surface area contributed by atoms with E-state index in [1.807, 2.05) is 11.8 Å². The molecule has 4 nitrogen and oxygen atoms in total. The molecule has 2 unspecified atom stereocenters. The quantitative estimate of drug-likeness (QED) is 0.649. The molecule has 16 heavy (non-hydrogen) atoms. The third-order valence-electron chi connectivity index (χ3n) is 2.81. The number of hydrogen-bond donors (Lipinski definition) is 3. The largest absolute Gasteiger partial charge is 0.396 e. The van der Waals surface area contributed by atoms with E-state index in [-0.39, 0.29) is 24.6 Å². The van der Waals surface area contributed by atoms with Gasteiger partial charge in [-0.15, -0.1) is 0 Å². The van der Waals surface area contributed by atoms with E-state index in [9.17, 15) is 4.79 Å². The average Bonchev–Trinajstić information content (AvgIpc) is 2.29. The van der Waals surface area contributed by atoms with Gasteiger partial charge in [-0.25, -0.2) is 0 Å². The van der Waals surface area contributed by atoms with E-state index < -0.39 is 0 Å². The lowest BCUT2D eigenvalue weighted by atomic mass is 10.0. The Hall–Kier alpha value is -0.260. The van der Waals surface area contributed by atoms with Crippen molar-refractivity contribution in [1.29, 1.82) is 0 Å². The summed E-state index contributed by atoms with van der Waals surface area (Å²) >= 11 is 1.81. The second kappa shape index (κ2) is 7.14. The molecule has 1 saturated heterocycles. The molecule has 1 heterocycles. The number of nitrogens with one attached hydrogen (secondary N) is 2. The molecule has 1 amide bonds. The maximum absolute atomic E-state index is 11.9. The van der Waals surface area contributed by atoms with Crippen LogP contribution < -0.4 is 10.6 Å². The van der Waals surface area contributed by atoms with Gasteiger partial charge in [-0.2, -0.15) is 11.8 Å².